The molecular formula is C30H34ClN7O. The van der Waals surface area contributed by atoms with Gasteiger partial charge in [0.1, 0.15) is 5.39 Å². The molecule has 2 aromatic carbocycles. The molecule has 2 fully saturated rings. The molecule has 9 heteroatoms. The van der Waals surface area contributed by atoms with E-state index in [1.54, 1.807) is 33.8 Å². The number of anilines is 3. The first-order chi connectivity index (χ1) is 18.9. The summed E-state index contributed by atoms with van der Waals surface area (Å²) in [6.45, 7) is 8.82. The van der Waals surface area contributed by atoms with Crippen molar-refractivity contribution in [2.75, 3.05) is 43.4 Å². The Balaban J connectivity index is 1.21. The molecule has 39 heavy (non-hydrogen) atoms. The summed E-state index contributed by atoms with van der Waals surface area (Å²) in [6.07, 6.45) is 8.47. The van der Waals surface area contributed by atoms with Gasteiger partial charge in [-0.15, -0.1) is 6.58 Å². The molecule has 0 aliphatic carbocycles. The van der Waals surface area contributed by atoms with Crippen molar-refractivity contribution in [1.29, 1.82) is 0 Å². The number of benzene rings is 2. The summed E-state index contributed by atoms with van der Waals surface area (Å²) < 4.78 is 3.39. The fourth-order valence-electron chi connectivity index (χ4n) is 5.94. The third-order valence-corrected chi connectivity index (χ3v) is 8.66. The zero-order chi connectivity index (χ0) is 27.0. The van der Waals surface area contributed by atoms with Gasteiger partial charge in [0.05, 0.1) is 12.2 Å². The van der Waals surface area contributed by atoms with Crippen molar-refractivity contribution in [1.82, 2.24) is 24.2 Å². The highest BCUT2D eigenvalue weighted by molar-refractivity contribution is 6.30. The van der Waals surface area contributed by atoms with Crippen molar-refractivity contribution in [3.05, 3.63) is 82.8 Å². The Morgan fingerprint density at radius 1 is 0.974 bits per heavy atom. The predicted octanol–water partition coefficient (Wildman–Crippen LogP) is 5.48. The number of fused-ring (bicyclic) bond motifs is 1. The minimum atomic E-state index is -0.167. The average molecular weight is 544 g/mol. The maximum Gasteiger partial charge on any atom is 0.278 e. The molecule has 0 atom stereocenters. The second-order valence-electron chi connectivity index (χ2n) is 10.9. The lowest BCUT2D eigenvalue weighted by Crippen LogP contribution is -2.46. The number of likely N-dealkylation sites (tertiary alicyclic amines) is 1. The first kappa shape index (κ1) is 25.6. The van der Waals surface area contributed by atoms with Crippen LogP contribution in [0.5, 0.6) is 0 Å². The van der Waals surface area contributed by atoms with Crippen LogP contribution in [-0.2, 0) is 6.54 Å². The van der Waals surface area contributed by atoms with E-state index in [-0.39, 0.29) is 5.56 Å². The molecule has 0 unspecified atom stereocenters. The summed E-state index contributed by atoms with van der Waals surface area (Å²) in [4.78, 5) is 27.3. The second-order valence-corrected chi connectivity index (χ2v) is 11.3. The minimum Gasteiger partial charge on any atom is -0.371 e. The molecule has 4 aromatic rings. The third-order valence-electron chi connectivity index (χ3n) is 8.41. The van der Waals surface area contributed by atoms with Crippen molar-refractivity contribution in [3.8, 4) is 5.69 Å². The quantitative estimate of drug-likeness (QED) is 0.325. The lowest BCUT2D eigenvalue weighted by molar-refractivity contribution is 0.0945. The number of nitrogens with zero attached hydrogens (tertiary/aromatic N) is 6. The van der Waals surface area contributed by atoms with E-state index < -0.39 is 0 Å². The molecule has 1 N–H and O–H groups in total. The average Bonchev–Trinajstić information content (AvgIpc) is 3.23. The van der Waals surface area contributed by atoms with Crippen molar-refractivity contribution in [2.45, 2.75) is 32.2 Å². The number of halogens is 1. The SMILES string of the molecule is C=CCn1c(=O)c2cnc(Nc3ccc(N4CCC5(CCN(C)CC5)CC4)cc3)nc2n1-c1ccc(Cl)cc1. The summed E-state index contributed by atoms with van der Waals surface area (Å²) >= 11 is 6.10. The second kappa shape index (κ2) is 10.5. The molecule has 1 spiro atoms. The van der Waals surface area contributed by atoms with E-state index in [9.17, 15) is 4.79 Å². The van der Waals surface area contributed by atoms with Crippen LogP contribution in [0.3, 0.4) is 0 Å². The van der Waals surface area contributed by atoms with Gasteiger partial charge in [0.2, 0.25) is 5.95 Å². The van der Waals surface area contributed by atoms with Crippen molar-refractivity contribution in [2.24, 2.45) is 5.41 Å². The maximum atomic E-state index is 13.1. The Hall–Kier alpha value is -3.62. The van der Waals surface area contributed by atoms with Crippen LogP contribution in [0.4, 0.5) is 17.3 Å². The van der Waals surface area contributed by atoms with Crippen LogP contribution >= 0.6 is 11.6 Å². The van der Waals surface area contributed by atoms with Gasteiger partial charge in [-0.1, -0.05) is 17.7 Å². The zero-order valence-electron chi connectivity index (χ0n) is 22.3. The molecule has 2 aliphatic rings. The third kappa shape index (κ3) is 5.06. The Bertz CT molecular complexity index is 1520. The zero-order valence-corrected chi connectivity index (χ0v) is 23.1. The highest BCUT2D eigenvalue weighted by atomic mass is 35.5. The normalized spacial score (nSPS) is 17.5. The Morgan fingerprint density at radius 3 is 2.28 bits per heavy atom. The topological polar surface area (TPSA) is 71.2 Å². The smallest absolute Gasteiger partial charge is 0.278 e. The van der Waals surface area contributed by atoms with Crippen LogP contribution in [0.1, 0.15) is 25.7 Å². The van der Waals surface area contributed by atoms with Gasteiger partial charge >= 0.3 is 0 Å². The van der Waals surface area contributed by atoms with Crippen molar-refractivity contribution < 1.29 is 0 Å². The highest BCUT2D eigenvalue weighted by Gasteiger charge is 2.36. The van der Waals surface area contributed by atoms with Crippen LogP contribution in [0.2, 0.25) is 5.02 Å². The van der Waals surface area contributed by atoms with Crippen molar-refractivity contribution >= 4 is 40.0 Å². The Labute approximate surface area is 233 Å². The fraction of sp³-hybridized carbons (Fsp3) is 0.367. The molecule has 8 nitrogen and oxygen atoms in total. The summed E-state index contributed by atoms with van der Waals surface area (Å²) in [5.74, 6) is 0.427. The number of hydrogen-bond acceptors (Lipinski definition) is 6. The van der Waals surface area contributed by atoms with Gasteiger partial charge in [0, 0.05) is 35.7 Å². The number of piperidine rings is 2. The molecular weight excluding hydrogens is 510 g/mol. The number of nitrogens with one attached hydrogen (secondary N) is 1. The molecule has 2 saturated heterocycles. The molecule has 202 valence electrons. The molecule has 0 radical (unpaired) electrons. The van der Waals surface area contributed by atoms with Gasteiger partial charge in [-0.3, -0.25) is 4.79 Å². The lowest BCUT2D eigenvalue weighted by atomic mass is 9.71. The largest absolute Gasteiger partial charge is 0.371 e. The van der Waals surface area contributed by atoms with E-state index in [4.69, 9.17) is 16.6 Å². The van der Waals surface area contributed by atoms with Crippen LogP contribution in [0.15, 0.2) is 72.2 Å². The molecule has 0 saturated carbocycles. The van der Waals surface area contributed by atoms with Crippen LogP contribution in [0, 0.1) is 5.41 Å². The molecule has 0 amide bonds. The van der Waals surface area contributed by atoms with Crippen LogP contribution in [-0.4, -0.2) is 57.5 Å². The maximum absolute atomic E-state index is 13.1. The van der Waals surface area contributed by atoms with Gasteiger partial charge in [-0.2, -0.15) is 4.98 Å². The predicted molar refractivity (Wildman–Crippen MR) is 159 cm³/mol. The standard InChI is InChI=1S/C30H34ClN7O/c1-3-16-37-28(39)26-21-32-29(34-27(26)38(37)25-8-4-22(31)5-9-25)33-23-6-10-24(11-7-23)36-19-14-30(15-20-36)12-17-35(2)18-13-30/h3-11,21H,1,12-20H2,2H3,(H,32,33,34). The summed E-state index contributed by atoms with van der Waals surface area (Å²) in [5.41, 5.74) is 3.82. The molecule has 4 heterocycles. The highest BCUT2D eigenvalue weighted by Crippen LogP contribution is 2.42. The number of allylic oxidation sites excluding steroid dienone is 1. The van der Waals surface area contributed by atoms with E-state index >= 15 is 0 Å². The van der Waals surface area contributed by atoms with Gasteiger partial charge in [0.15, 0.2) is 5.65 Å². The Morgan fingerprint density at radius 2 is 1.62 bits per heavy atom. The van der Waals surface area contributed by atoms with Gasteiger partial charge < -0.3 is 15.1 Å². The molecule has 2 aromatic heterocycles. The summed E-state index contributed by atoms with van der Waals surface area (Å²) in [5, 5.41) is 4.38. The number of rotatable bonds is 6. The first-order valence-corrected chi connectivity index (χ1v) is 14.0. The van der Waals surface area contributed by atoms with E-state index in [0.717, 1.165) is 24.5 Å². The van der Waals surface area contributed by atoms with E-state index in [1.807, 2.05) is 12.1 Å². The van der Waals surface area contributed by atoms with Crippen molar-refractivity contribution in [3.63, 3.8) is 0 Å². The van der Waals surface area contributed by atoms with E-state index in [0.29, 0.717) is 34.0 Å². The molecule has 2 aliphatic heterocycles. The number of aromatic nitrogens is 4. The van der Waals surface area contributed by atoms with E-state index in [2.05, 4.69) is 58.0 Å². The summed E-state index contributed by atoms with van der Waals surface area (Å²) in [7, 11) is 2.23. The molecule has 6 rings (SSSR count). The minimum absolute atomic E-state index is 0.167. The monoisotopic (exact) mass is 543 g/mol. The van der Waals surface area contributed by atoms with Gasteiger partial charge in [-0.25, -0.2) is 14.3 Å². The molecule has 0 bridgehead atoms. The van der Waals surface area contributed by atoms with Crippen LogP contribution < -0.4 is 15.8 Å². The first-order valence-electron chi connectivity index (χ1n) is 13.6. The lowest BCUT2D eigenvalue weighted by Gasteiger charge is -2.46. The van der Waals surface area contributed by atoms with Gasteiger partial charge in [-0.05, 0) is 99.8 Å². The van der Waals surface area contributed by atoms with E-state index in [1.165, 1.54) is 44.5 Å². The van der Waals surface area contributed by atoms with Crippen LogP contribution in [0.25, 0.3) is 16.7 Å². The fourth-order valence-corrected chi connectivity index (χ4v) is 6.06. The Kier molecular flexibility index (Phi) is 6.91. The van der Waals surface area contributed by atoms with Gasteiger partial charge in [0.25, 0.3) is 5.56 Å². The number of hydrogen-bond donors (Lipinski definition) is 1. The summed E-state index contributed by atoms with van der Waals surface area (Å²) in [6, 6.07) is 15.8.